The van der Waals surface area contributed by atoms with Crippen LogP contribution in [0.1, 0.15) is 58.8 Å². The van der Waals surface area contributed by atoms with Crippen molar-refractivity contribution in [3.05, 3.63) is 33.3 Å². The number of benzene rings is 1. The summed E-state index contributed by atoms with van der Waals surface area (Å²) in [4.78, 5) is 32.0. The van der Waals surface area contributed by atoms with E-state index in [0.29, 0.717) is 39.3 Å². The number of carbonyl (C=O) groups excluding carboxylic acids is 2. The van der Waals surface area contributed by atoms with Gasteiger partial charge in [0.25, 0.3) is 5.91 Å². The van der Waals surface area contributed by atoms with Gasteiger partial charge in [-0.05, 0) is 32.4 Å². The summed E-state index contributed by atoms with van der Waals surface area (Å²) >= 11 is 7.44. The first-order chi connectivity index (χ1) is 14.4. The summed E-state index contributed by atoms with van der Waals surface area (Å²) in [6.45, 7) is 6.31. The lowest BCUT2D eigenvalue weighted by Crippen LogP contribution is -2.32. The molecule has 30 heavy (non-hydrogen) atoms. The van der Waals surface area contributed by atoms with Crippen LogP contribution in [0.3, 0.4) is 0 Å². The number of thiazole rings is 1. The number of rotatable bonds is 10. The Morgan fingerprint density at radius 3 is 2.50 bits per heavy atom. The molecule has 0 saturated carbocycles. The number of methoxy groups -OCH3 is 2. The molecule has 0 aliphatic carbocycles. The van der Waals surface area contributed by atoms with Gasteiger partial charge >= 0.3 is 5.97 Å². The average Bonchev–Trinajstić information content (AvgIpc) is 3.11. The molecule has 0 N–H and O–H groups in total. The van der Waals surface area contributed by atoms with Crippen LogP contribution in [0.25, 0.3) is 0 Å². The molecule has 1 heterocycles. The van der Waals surface area contributed by atoms with Crippen LogP contribution in [0.15, 0.2) is 12.1 Å². The minimum absolute atomic E-state index is 0.273. The van der Waals surface area contributed by atoms with E-state index in [2.05, 4.69) is 11.9 Å². The number of carbonyl (C=O) groups is 2. The molecule has 0 unspecified atom stereocenters. The molecule has 164 valence electrons. The molecule has 0 atom stereocenters. The van der Waals surface area contributed by atoms with E-state index < -0.39 is 5.97 Å². The second kappa shape index (κ2) is 11.2. The number of aryl methyl sites for hydroxylation is 1. The Morgan fingerprint density at radius 1 is 1.17 bits per heavy atom. The molecule has 0 aliphatic heterocycles. The summed E-state index contributed by atoms with van der Waals surface area (Å²) in [5.41, 5.74) is 0.881. The molecule has 2 rings (SSSR count). The van der Waals surface area contributed by atoms with Crippen LogP contribution >= 0.6 is 22.9 Å². The molecule has 0 bridgehead atoms. The smallest absolute Gasteiger partial charge is 0.350 e. The first-order valence-corrected chi connectivity index (χ1v) is 10.9. The van der Waals surface area contributed by atoms with Crippen molar-refractivity contribution in [3.63, 3.8) is 0 Å². The molecule has 0 radical (unpaired) electrons. The first-order valence-electron chi connectivity index (χ1n) is 9.75. The molecule has 9 heteroatoms. The van der Waals surface area contributed by atoms with Gasteiger partial charge in [0.15, 0.2) is 16.6 Å². The summed E-state index contributed by atoms with van der Waals surface area (Å²) in [6.07, 6.45) is 2.78. The summed E-state index contributed by atoms with van der Waals surface area (Å²) in [6, 6.07) is 3.14. The van der Waals surface area contributed by atoms with Gasteiger partial charge in [-0.3, -0.25) is 9.69 Å². The Morgan fingerprint density at radius 2 is 1.90 bits per heavy atom. The number of ether oxygens (including phenoxy) is 3. The maximum atomic E-state index is 13.4. The molecule has 0 saturated heterocycles. The molecule has 1 aromatic heterocycles. The number of hydrogen-bond acceptors (Lipinski definition) is 7. The third kappa shape index (κ3) is 5.43. The number of aromatic nitrogens is 1. The fraction of sp³-hybridized carbons (Fsp3) is 0.476. The third-order valence-electron chi connectivity index (χ3n) is 4.39. The molecule has 0 aliphatic rings. The van der Waals surface area contributed by atoms with Gasteiger partial charge in [0, 0.05) is 12.1 Å². The van der Waals surface area contributed by atoms with Gasteiger partial charge in [0.1, 0.15) is 4.88 Å². The molecular formula is C21H27ClN2O5S. The van der Waals surface area contributed by atoms with Crippen LogP contribution in [-0.4, -0.2) is 44.2 Å². The molecule has 1 aromatic carbocycles. The first kappa shape index (κ1) is 24.0. The van der Waals surface area contributed by atoms with Gasteiger partial charge in [-0.2, -0.15) is 0 Å². The fourth-order valence-corrected chi connectivity index (χ4v) is 4.16. The maximum Gasteiger partial charge on any atom is 0.350 e. The zero-order valence-electron chi connectivity index (χ0n) is 17.9. The summed E-state index contributed by atoms with van der Waals surface area (Å²) < 4.78 is 15.7. The third-order valence-corrected chi connectivity index (χ3v) is 5.83. The van der Waals surface area contributed by atoms with Crippen LogP contribution in [0.2, 0.25) is 5.02 Å². The number of nitrogens with zero attached hydrogens (tertiary/aromatic N) is 2. The Bertz CT molecular complexity index is 900. The van der Waals surface area contributed by atoms with E-state index in [4.69, 9.17) is 25.8 Å². The van der Waals surface area contributed by atoms with Crippen molar-refractivity contribution < 1.29 is 23.8 Å². The number of hydrogen-bond donors (Lipinski definition) is 0. The quantitative estimate of drug-likeness (QED) is 0.365. The average molecular weight is 455 g/mol. The van der Waals surface area contributed by atoms with Crippen LogP contribution in [0, 0.1) is 6.92 Å². The minimum atomic E-state index is -0.436. The van der Waals surface area contributed by atoms with Crippen molar-refractivity contribution in [1.29, 1.82) is 0 Å². The van der Waals surface area contributed by atoms with Crippen LogP contribution < -0.4 is 14.4 Å². The van der Waals surface area contributed by atoms with E-state index in [9.17, 15) is 9.59 Å². The van der Waals surface area contributed by atoms with Gasteiger partial charge < -0.3 is 14.2 Å². The number of esters is 1. The Hall–Kier alpha value is -2.32. The van der Waals surface area contributed by atoms with E-state index in [1.165, 1.54) is 14.2 Å². The zero-order valence-corrected chi connectivity index (χ0v) is 19.5. The van der Waals surface area contributed by atoms with Gasteiger partial charge in [-0.1, -0.05) is 42.7 Å². The zero-order chi connectivity index (χ0) is 22.3. The van der Waals surface area contributed by atoms with Gasteiger partial charge in [-0.15, -0.1) is 0 Å². The monoisotopic (exact) mass is 454 g/mol. The lowest BCUT2D eigenvalue weighted by molar-refractivity contribution is 0.0531. The second-order valence-corrected chi connectivity index (χ2v) is 7.87. The molecule has 0 fully saturated rings. The summed E-state index contributed by atoms with van der Waals surface area (Å²) in [5, 5.41) is 0.721. The van der Waals surface area contributed by atoms with E-state index in [-0.39, 0.29) is 17.5 Å². The normalized spacial score (nSPS) is 10.6. The largest absolute Gasteiger partial charge is 0.493 e. The Labute approximate surface area is 185 Å². The highest BCUT2D eigenvalue weighted by molar-refractivity contribution is 7.17. The van der Waals surface area contributed by atoms with Gasteiger partial charge in [0.2, 0.25) is 0 Å². The molecule has 7 nitrogen and oxygen atoms in total. The number of amides is 1. The molecule has 1 amide bonds. The van der Waals surface area contributed by atoms with E-state index in [1.807, 2.05) is 0 Å². The van der Waals surface area contributed by atoms with Crippen molar-refractivity contribution in [2.24, 2.45) is 0 Å². The number of unbranched alkanes of at least 4 members (excludes halogenated alkanes) is 2. The standard InChI is InChI=1S/C21H27ClN2O5S/c1-6-8-9-10-24(21-23-13(3)18(30-21)20(26)29-7-2)19(25)14-11-15(22)17(28-5)16(12-14)27-4/h11-12H,6-10H2,1-5H3. The van der Waals surface area contributed by atoms with Gasteiger partial charge in [0.05, 0.1) is 31.5 Å². The highest BCUT2D eigenvalue weighted by Gasteiger charge is 2.26. The van der Waals surface area contributed by atoms with Crippen molar-refractivity contribution in [3.8, 4) is 11.5 Å². The van der Waals surface area contributed by atoms with Gasteiger partial charge in [-0.25, -0.2) is 9.78 Å². The maximum absolute atomic E-state index is 13.4. The van der Waals surface area contributed by atoms with E-state index >= 15 is 0 Å². The highest BCUT2D eigenvalue weighted by atomic mass is 35.5. The SMILES string of the molecule is CCCCCN(C(=O)c1cc(Cl)c(OC)c(OC)c1)c1nc(C)c(C(=O)OCC)s1. The number of anilines is 1. The molecular weight excluding hydrogens is 428 g/mol. The van der Waals surface area contributed by atoms with Crippen LogP contribution in [-0.2, 0) is 4.74 Å². The van der Waals surface area contributed by atoms with Crippen molar-refractivity contribution in [2.75, 3.05) is 32.3 Å². The molecule has 0 spiro atoms. The predicted molar refractivity (Wildman–Crippen MR) is 119 cm³/mol. The van der Waals surface area contributed by atoms with Crippen LogP contribution in [0.5, 0.6) is 11.5 Å². The second-order valence-electron chi connectivity index (χ2n) is 6.49. The summed E-state index contributed by atoms with van der Waals surface area (Å²) in [5.74, 6) is 0.0133. The minimum Gasteiger partial charge on any atom is -0.493 e. The lowest BCUT2D eigenvalue weighted by Gasteiger charge is -2.21. The van der Waals surface area contributed by atoms with Crippen molar-refractivity contribution in [1.82, 2.24) is 4.98 Å². The predicted octanol–water partition coefficient (Wildman–Crippen LogP) is 5.14. The highest BCUT2D eigenvalue weighted by Crippen LogP contribution is 2.37. The number of halogens is 1. The summed E-state index contributed by atoms with van der Waals surface area (Å²) in [7, 11) is 2.97. The Kier molecular flexibility index (Phi) is 8.92. The lowest BCUT2D eigenvalue weighted by atomic mass is 10.1. The van der Waals surface area contributed by atoms with E-state index in [1.54, 1.807) is 30.9 Å². The Balaban J connectivity index is 2.45. The molecule has 2 aromatic rings. The fourth-order valence-electron chi connectivity index (χ4n) is 2.88. The van der Waals surface area contributed by atoms with E-state index in [0.717, 1.165) is 30.6 Å². The van der Waals surface area contributed by atoms with Crippen LogP contribution in [0.4, 0.5) is 5.13 Å². The topological polar surface area (TPSA) is 78.0 Å². The van der Waals surface area contributed by atoms with Crippen molar-refractivity contribution >= 4 is 39.9 Å². The van der Waals surface area contributed by atoms with Crippen molar-refractivity contribution in [2.45, 2.75) is 40.0 Å².